The van der Waals surface area contributed by atoms with E-state index in [0.717, 1.165) is 11.1 Å². The number of carboxylic acid groups (broad SMARTS) is 1. The maximum absolute atomic E-state index is 12.1. The number of nitrogens with one attached hydrogen (secondary N) is 1. The highest BCUT2D eigenvalue weighted by atomic mass is 35.5. The maximum Gasteiger partial charge on any atom is 0.339 e. The molecule has 4 nitrogen and oxygen atoms in total. The summed E-state index contributed by atoms with van der Waals surface area (Å²) in [5.74, 6) is -1.46. The predicted molar refractivity (Wildman–Crippen MR) is 81.9 cm³/mol. The average molecular weight is 304 g/mol. The van der Waals surface area contributed by atoms with Crippen molar-refractivity contribution in [1.82, 2.24) is 0 Å². The molecule has 0 spiro atoms. The van der Waals surface area contributed by atoms with Crippen LogP contribution in [-0.2, 0) is 11.2 Å². The van der Waals surface area contributed by atoms with E-state index >= 15 is 0 Å². The van der Waals surface area contributed by atoms with Crippen LogP contribution in [0.15, 0.2) is 42.5 Å². The second-order valence-corrected chi connectivity index (χ2v) is 5.03. The summed E-state index contributed by atoms with van der Waals surface area (Å²) in [6.45, 7) is 1.92. The zero-order valence-electron chi connectivity index (χ0n) is 11.4. The molecule has 2 N–H and O–H groups in total. The van der Waals surface area contributed by atoms with Crippen LogP contribution in [0.2, 0.25) is 5.02 Å². The van der Waals surface area contributed by atoms with Crippen molar-refractivity contribution in [3.05, 3.63) is 64.2 Å². The van der Waals surface area contributed by atoms with E-state index in [4.69, 9.17) is 16.7 Å². The van der Waals surface area contributed by atoms with Crippen LogP contribution in [0.1, 0.15) is 21.5 Å². The first-order chi connectivity index (χ1) is 9.99. The summed E-state index contributed by atoms with van der Waals surface area (Å²) in [5.41, 5.74) is 2.01. The smallest absolute Gasteiger partial charge is 0.339 e. The Bertz CT molecular complexity index is 698. The Morgan fingerprint density at radius 1 is 1.14 bits per heavy atom. The lowest BCUT2D eigenvalue weighted by Gasteiger charge is -2.10. The molecule has 0 aliphatic carbocycles. The van der Waals surface area contributed by atoms with Gasteiger partial charge in [0.2, 0.25) is 5.91 Å². The topological polar surface area (TPSA) is 66.4 Å². The van der Waals surface area contributed by atoms with Gasteiger partial charge in [0, 0.05) is 0 Å². The largest absolute Gasteiger partial charge is 0.478 e. The van der Waals surface area contributed by atoms with E-state index in [0.29, 0.717) is 0 Å². The van der Waals surface area contributed by atoms with Gasteiger partial charge in [-0.3, -0.25) is 4.79 Å². The summed E-state index contributed by atoms with van der Waals surface area (Å²) in [5, 5.41) is 11.9. The number of anilines is 1. The Labute approximate surface area is 127 Å². The highest BCUT2D eigenvalue weighted by molar-refractivity contribution is 6.34. The number of aromatic carboxylic acids is 1. The predicted octanol–water partition coefficient (Wildman–Crippen LogP) is 3.53. The van der Waals surface area contributed by atoms with Gasteiger partial charge in [-0.05, 0) is 30.2 Å². The zero-order valence-corrected chi connectivity index (χ0v) is 12.1. The second-order valence-electron chi connectivity index (χ2n) is 4.62. The molecule has 5 heteroatoms. The average Bonchev–Trinajstić information content (AvgIpc) is 2.41. The summed E-state index contributed by atoms with van der Waals surface area (Å²) in [6.07, 6.45) is 0.179. The third-order valence-corrected chi connectivity index (χ3v) is 3.43. The van der Waals surface area contributed by atoms with Crippen LogP contribution in [0.3, 0.4) is 0 Å². The van der Waals surface area contributed by atoms with Crippen molar-refractivity contribution < 1.29 is 14.7 Å². The minimum Gasteiger partial charge on any atom is -0.478 e. The Hall–Kier alpha value is -2.33. The fraction of sp³-hybridized carbons (Fsp3) is 0.125. The molecule has 2 rings (SSSR count). The molecule has 2 aromatic carbocycles. The Morgan fingerprint density at radius 2 is 1.86 bits per heavy atom. The lowest BCUT2D eigenvalue weighted by Crippen LogP contribution is -2.17. The monoisotopic (exact) mass is 303 g/mol. The van der Waals surface area contributed by atoms with Crippen LogP contribution < -0.4 is 5.32 Å². The van der Waals surface area contributed by atoms with Crippen molar-refractivity contribution in [2.75, 3.05) is 5.32 Å². The van der Waals surface area contributed by atoms with E-state index in [1.807, 2.05) is 31.2 Å². The molecule has 0 unspecified atom stereocenters. The van der Waals surface area contributed by atoms with Gasteiger partial charge in [-0.1, -0.05) is 41.9 Å². The van der Waals surface area contributed by atoms with Crippen LogP contribution in [0, 0.1) is 6.92 Å². The summed E-state index contributed by atoms with van der Waals surface area (Å²) < 4.78 is 0. The number of hydrogen-bond acceptors (Lipinski definition) is 2. The minimum atomic E-state index is -1.17. The number of amides is 1. The van der Waals surface area contributed by atoms with Crippen molar-refractivity contribution in [2.24, 2.45) is 0 Å². The molecule has 0 fully saturated rings. The van der Waals surface area contributed by atoms with E-state index in [1.54, 1.807) is 6.07 Å². The Balaban J connectivity index is 2.19. The Kier molecular flexibility index (Phi) is 4.60. The van der Waals surface area contributed by atoms with E-state index in [1.165, 1.54) is 12.1 Å². The highest BCUT2D eigenvalue weighted by Gasteiger charge is 2.16. The SMILES string of the molecule is Cc1ccccc1CC(=O)Nc1cccc(Cl)c1C(=O)O. The van der Waals surface area contributed by atoms with Crippen molar-refractivity contribution in [2.45, 2.75) is 13.3 Å². The molecule has 0 radical (unpaired) electrons. The first-order valence-electron chi connectivity index (χ1n) is 6.35. The van der Waals surface area contributed by atoms with Crippen molar-refractivity contribution in [3.8, 4) is 0 Å². The molecule has 0 aliphatic heterocycles. The number of carbonyl (C=O) groups excluding carboxylic acids is 1. The number of carboxylic acids is 1. The Morgan fingerprint density at radius 3 is 2.52 bits per heavy atom. The molecule has 0 saturated carbocycles. The quantitative estimate of drug-likeness (QED) is 0.908. The molecule has 108 valence electrons. The van der Waals surface area contributed by atoms with Crippen LogP contribution in [0.5, 0.6) is 0 Å². The van der Waals surface area contributed by atoms with Gasteiger partial charge in [0.05, 0.1) is 17.1 Å². The molecular formula is C16H14ClNO3. The van der Waals surface area contributed by atoms with Crippen molar-refractivity contribution in [1.29, 1.82) is 0 Å². The van der Waals surface area contributed by atoms with E-state index in [9.17, 15) is 9.59 Å². The molecule has 1 amide bonds. The van der Waals surface area contributed by atoms with Gasteiger partial charge in [-0.2, -0.15) is 0 Å². The zero-order chi connectivity index (χ0) is 15.4. The number of rotatable bonds is 4. The first-order valence-corrected chi connectivity index (χ1v) is 6.73. The standard InChI is InChI=1S/C16H14ClNO3/c1-10-5-2-3-6-11(10)9-14(19)18-13-8-4-7-12(17)15(13)16(20)21/h2-8H,9H2,1H3,(H,18,19)(H,20,21). The van der Waals surface area contributed by atoms with Gasteiger partial charge >= 0.3 is 5.97 Å². The summed E-state index contributed by atoms with van der Waals surface area (Å²) >= 11 is 5.86. The summed E-state index contributed by atoms with van der Waals surface area (Å²) in [7, 11) is 0. The molecule has 0 heterocycles. The fourth-order valence-corrected chi connectivity index (χ4v) is 2.28. The molecule has 2 aromatic rings. The van der Waals surface area contributed by atoms with E-state index in [-0.39, 0.29) is 28.6 Å². The molecule has 0 bridgehead atoms. The molecule has 0 aromatic heterocycles. The van der Waals surface area contributed by atoms with Gasteiger partial charge < -0.3 is 10.4 Å². The molecule has 0 aliphatic rings. The van der Waals surface area contributed by atoms with Crippen LogP contribution in [-0.4, -0.2) is 17.0 Å². The number of carbonyl (C=O) groups is 2. The molecular weight excluding hydrogens is 290 g/mol. The summed E-state index contributed by atoms with van der Waals surface area (Å²) in [6, 6.07) is 12.1. The van der Waals surface area contributed by atoms with Gasteiger partial charge in [-0.15, -0.1) is 0 Å². The van der Waals surface area contributed by atoms with Gasteiger partial charge in [-0.25, -0.2) is 4.79 Å². The highest BCUT2D eigenvalue weighted by Crippen LogP contribution is 2.24. The van der Waals surface area contributed by atoms with Crippen LogP contribution >= 0.6 is 11.6 Å². The molecule has 0 atom stereocenters. The van der Waals surface area contributed by atoms with Gasteiger partial charge in [0.1, 0.15) is 5.56 Å². The molecule has 21 heavy (non-hydrogen) atoms. The van der Waals surface area contributed by atoms with E-state index < -0.39 is 5.97 Å². The first kappa shape index (κ1) is 15.1. The number of halogens is 1. The van der Waals surface area contributed by atoms with E-state index in [2.05, 4.69) is 5.32 Å². The number of hydrogen-bond donors (Lipinski definition) is 2. The normalized spacial score (nSPS) is 10.2. The van der Waals surface area contributed by atoms with Crippen molar-refractivity contribution >= 4 is 29.2 Å². The third kappa shape index (κ3) is 3.61. The van der Waals surface area contributed by atoms with Crippen molar-refractivity contribution in [3.63, 3.8) is 0 Å². The number of aryl methyl sites for hydroxylation is 1. The van der Waals surface area contributed by atoms with Crippen LogP contribution in [0.25, 0.3) is 0 Å². The second kappa shape index (κ2) is 6.41. The minimum absolute atomic E-state index is 0.0937. The number of benzene rings is 2. The van der Waals surface area contributed by atoms with Crippen LogP contribution in [0.4, 0.5) is 5.69 Å². The van der Waals surface area contributed by atoms with Gasteiger partial charge in [0.15, 0.2) is 0 Å². The third-order valence-electron chi connectivity index (χ3n) is 3.11. The lowest BCUT2D eigenvalue weighted by molar-refractivity contribution is -0.115. The lowest BCUT2D eigenvalue weighted by atomic mass is 10.1. The summed E-state index contributed by atoms with van der Waals surface area (Å²) in [4.78, 5) is 23.3. The fourth-order valence-electron chi connectivity index (χ4n) is 2.02. The molecule has 0 saturated heterocycles. The van der Waals surface area contributed by atoms with Gasteiger partial charge in [0.25, 0.3) is 0 Å². The maximum atomic E-state index is 12.1.